The lowest BCUT2D eigenvalue weighted by molar-refractivity contribution is 0.0600. The average molecular weight is 284 g/mol. The highest BCUT2D eigenvalue weighted by atomic mass is 35.5. The smallest absolute Gasteiger partial charge is 0.137 e. The number of hydrogen-bond donors (Lipinski definition) is 0. The van der Waals surface area contributed by atoms with Crippen molar-refractivity contribution >= 4 is 11.6 Å². The van der Waals surface area contributed by atoms with Crippen LogP contribution in [0.25, 0.3) is 0 Å². The second kappa shape index (κ2) is 7.13. The minimum absolute atomic E-state index is 0.527. The third kappa shape index (κ3) is 3.85. The third-order valence-electron chi connectivity index (χ3n) is 3.71. The molecule has 2 rings (SSSR count). The second-order valence-electron chi connectivity index (χ2n) is 5.04. The number of methoxy groups -OCH3 is 2. The van der Waals surface area contributed by atoms with E-state index in [2.05, 4.69) is 11.0 Å². The molecular formula is C15H22ClNO2. The minimum Gasteiger partial charge on any atom is -0.495 e. The fourth-order valence-corrected chi connectivity index (χ4v) is 2.97. The molecule has 1 heterocycles. The molecule has 4 heteroatoms. The van der Waals surface area contributed by atoms with Gasteiger partial charge in [0.15, 0.2) is 0 Å². The van der Waals surface area contributed by atoms with Gasteiger partial charge in [0.2, 0.25) is 0 Å². The number of halogens is 1. The van der Waals surface area contributed by atoms with Gasteiger partial charge in [0.25, 0.3) is 0 Å². The number of piperidine rings is 1. The Hall–Kier alpha value is -0.770. The fraction of sp³-hybridized carbons (Fsp3) is 0.600. The molecule has 1 aliphatic heterocycles. The Morgan fingerprint density at radius 3 is 2.84 bits per heavy atom. The molecule has 1 aliphatic rings. The van der Waals surface area contributed by atoms with Gasteiger partial charge >= 0.3 is 0 Å². The van der Waals surface area contributed by atoms with E-state index in [1.165, 1.54) is 24.8 Å². The Morgan fingerprint density at radius 2 is 2.16 bits per heavy atom. The first-order valence-corrected chi connectivity index (χ1v) is 7.17. The minimum atomic E-state index is 0.527. The molecule has 0 aliphatic carbocycles. The van der Waals surface area contributed by atoms with Crippen LogP contribution < -0.4 is 4.74 Å². The normalized spacial score (nSPS) is 20.5. The first-order chi connectivity index (χ1) is 9.24. The molecular weight excluding hydrogens is 262 g/mol. The molecule has 0 aromatic heterocycles. The summed E-state index contributed by atoms with van der Waals surface area (Å²) in [5.41, 5.74) is 1.23. The number of likely N-dealkylation sites (tertiary alicyclic amines) is 1. The Kier molecular flexibility index (Phi) is 5.49. The largest absolute Gasteiger partial charge is 0.495 e. The van der Waals surface area contributed by atoms with Gasteiger partial charge < -0.3 is 9.47 Å². The number of rotatable bonds is 5. The molecule has 0 spiro atoms. The van der Waals surface area contributed by atoms with Gasteiger partial charge in [0, 0.05) is 19.7 Å². The average Bonchev–Trinajstić information content (AvgIpc) is 2.41. The molecule has 0 N–H and O–H groups in total. The van der Waals surface area contributed by atoms with Crippen molar-refractivity contribution in [2.45, 2.75) is 31.8 Å². The van der Waals surface area contributed by atoms with Crippen LogP contribution >= 0.6 is 11.6 Å². The summed E-state index contributed by atoms with van der Waals surface area (Å²) in [7, 11) is 3.41. The molecule has 0 saturated carbocycles. The number of nitrogens with zero attached hydrogens (tertiary/aromatic N) is 1. The summed E-state index contributed by atoms with van der Waals surface area (Å²) in [5.74, 6) is 0.734. The van der Waals surface area contributed by atoms with Gasteiger partial charge in [-0.3, -0.25) is 4.90 Å². The fourth-order valence-electron chi connectivity index (χ4n) is 2.69. The maximum atomic E-state index is 6.18. The summed E-state index contributed by atoms with van der Waals surface area (Å²) in [6.07, 6.45) is 3.79. The summed E-state index contributed by atoms with van der Waals surface area (Å²) in [6, 6.07) is 6.55. The van der Waals surface area contributed by atoms with Crippen LogP contribution in [0.15, 0.2) is 18.2 Å². The molecule has 1 aromatic rings. The zero-order chi connectivity index (χ0) is 13.7. The highest BCUT2D eigenvalue weighted by Crippen LogP contribution is 2.27. The first kappa shape index (κ1) is 14.6. The quantitative estimate of drug-likeness (QED) is 0.827. The SMILES string of the molecule is COC[C@H]1CCCCN1Cc1ccc(OC)c(Cl)c1. The summed E-state index contributed by atoms with van der Waals surface area (Å²) in [6.45, 7) is 2.87. The van der Waals surface area contributed by atoms with E-state index in [-0.39, 0.29) is 0 Å². The molecule has 106 valence electrons. The highest BCUT2D eigenvalue weighted by Gasteiger charge is 2.22. The topological polar surface area (TPSA) is 21.7 Å². The summed E-state index contributed by atoms with van der Waals surface area (Å²) >= 11 is 6.18. The van der Waals surface area contributed by atoms with E-state index >= 15 is 0 Å². The second-order valence-corrected chi connectivity index (χ2v) is 5.45. The van der Waals surface area contributed by atoms with E-state index in [1.54, 1.807) is 14.2 Å². The maximum Gasteiger partial charge on any atom is 0.137 e. The molecule has 0 radical (unpaired) electrons. The van der Waals surface area contributed by atoms with Gasteiger partial charge in [-0.05, 0) is 37.1 Å². The van der Waals surface area contributed by atoms with Crippen molar-refractivity contribution in [1.29, 1.82) is 0 Å². The van der Waals surface area contributed by atoms with Crippen LogP contribution in [-0.4, -0.2) is 38.3 Å². The number of hydrogen-bond acceptors (Lipinski definition) is 3. The van der Waals surface area contributed by atoms with E-state index < -0.39 is 0 Å². The van der Waals surface area contributed by atoms with Crippen molar-refractivity contribution in [3.8, 4) is 5.75 Å². The van der Waals surface area contributed by atoms with Crippen LogP contribution in [0.4, 0.5) is 0 Å². The van der Waals surface area contributed by atoms with Crippen molar-refractivity contribution in [2.75, 3.05) is 27.4 Å². The summed E-state index contributed by atoms with van der Waals surface area (Å²) in [4.78, 5) is 2.49. The lowest BCUT2D eigenvalue weighted by Gasteiger charge is -2.35. The standard InChI is InChI=1S/C15H22ClNO2/c1-18-11-13-5-3-4-8-17(13)10-12-6-7-15(19-2)14(16)9-12/h6-7,9,13H,3-5,8,10-11H2,1-2H3/t13-/m1/s1. The van der Waals surface area contributed by atoms with Crippen LogP contribution in [0.2, 0.25) is 5.02 Å². The summed E-state index contributed by atoms with van der Waals surface area (Å²) < 4.78 is 10.5. The third-order valence-corrected chi connectivity index (χ3v) is 4.01. The van der Waals surface area contributed by atoms with Gasteiger partial charge in [-0.2, -0.15) is 0 Å². The van der Waals surface area contributed by atoms with Crippen LogP contribution in [0, 0.1) is 0 Å². The Labute approximate surface area is 120 Å². The lowest BCUT2D eigenvalue weighted by Crippen LogP contribution is -2.41. The molecule has 1 aromatic carbocycles. The van der Waals surface area contributed by atoms with Crippen molar-refractivity contribution in [3.63, 3.8) is 0 Å². The van der Waals surface area contributed by atoms with Gasteiger partial charge in [-0.1, -0.05) is 24.1 Å². The number of ether oxygens (including phenoxy) is 2. The summed E-state index contributed by atoms with van der Waals surface area (Å²) in [5, 5.41) is 0.681. The monoisotopic (exact) mass is 283 g/mol. The van der Waals surface area contributed by atoms with Crippen molar-refractivity contribution in [2.24, 2.45) is 0 Å². The van der Waals surface area contributed by atoms with Gasteiger partial charge in [0.1, 0.15) is 5.75 Å². The number of benzene rings is 1. The predicted octanol–water partition coefficient (Wildman–Crippen LogP) is 3.35. The van der Waals surface area contributed by atoms with Crippen LogP contribution in [0.3, 0.4) is 0 Å². The van der Waals surface area contributed by atoms with E-state index in [0.717, 1.165) is 25.4 Å². The van der Waals surface area contributed by atoms with E-state index in [4.69, 9.17) is 21.1 Å². The van der Waals surface area contributed by atoms with E-state index in [1.807, 2.05) is 12.1 Å². The molecule has 0 bridgehead atoms. The van der Waals surface area contributed by atoms with Gasteiger partial charge in [-0.25, -0.2) is 0 Å². The molecule has 19 heavy (non-hydrogen) atoms. The van der Waals surface area contributed by atoms with Gasteiger partial charge in [0.05, 0.1) is 18.7 Å². The van der Waals surface area contributed by atoms with Crippen molar-refractivity contribution in [1.82, 2.24) is 4.90 Å². The van der Waals surface area contributed by atoms with Crippen molar-refractivity contribution in [3.05, 3.63) is 28.8 Å². The molecule has 1 saturated heterocycles. The highest BCUT2D eigenvalue weighted by molar-refractivity contribution is 6.32. The van der Waals surface area contributed by atoms with E-state index in [9.17, 15) is 0 Å². The lowest BCUT2D eigenvalue weighted by atomic mass is 10.0. The molecule has 1 atom stereocenters. The molecule has 0 amide bonds. The van der Waals surface area contributed by atoms with Crippen LogP contribution in [0.5, 0.6) is 5.75 Å². The predicted molar refractivity (Wildman–Crippen MR) is 77.9 cm³/mol. The van der Waals surface area contributed by atoms with Crippen LogP contribution in [-0.2, 0) is 11.3 Å². The first-order valence-electron chi connectivity index (χ1n) is 6.80. The van der Waals surface area contributed by atoms with Crippen LogP contribution in [0.1, 0.15) is 24.8 Å². The Bertz CT molecular complexity index is 409. The molecule has 1 fully saturated rings. The zero-order valence-electron chi connectivity index (χ0n) is 11.7. The maximum absolute atomic E-state index is 6.18. The Balaban J connectivity index is 2.04. The zero-order valence-corrected chi connectivity index (χ0v) is 12.4. The van der Waals surface area contributed by atoms with E-state index in [0.29, 0.717) is 11.1 Å². The molecule has 0 unspecified atom stereocenters. The molecule has 3 nitrogen and oxygen atoms in total. The van der Waals surface area contributed by atoms with Crippen molar-refractivity contribution < 1.29 is 9.47 Å². The Morgan fingerprint density at radius 1 is 1.32 bits per heavy atom. The van der Waals surface area contributed by atoms with Gasteiger partial charge in [-0.15, -0.1) is 0 Å².